The summed E-state index contributed by atoms with van der Waals surface area (Å²) in [5.74, 6) is -0.795. The first-order valence-electron chi connectivity index (χ1n) is 9.70. The molecule has 31 heavy (non-hydrogen) atoms. The molecule has 0 spiro atoms. The average molecular weight is 463 g/mol. The minimum Gasteiger partial charge on any atom is -0.486 e. The number of nitrogens with zero attached hydrogens (tertiary/aromatic N) is 1. The van der Waals surface area contributed by atoms with Gasteiger partial charge in [0.1, 0.15) is 28.4 Å². The van der Waals surface area contributed by atoms with Gasteiger partial charge in [0.2, 0.25) is 5.91 Å². The van der Waals surface area contributed by atoms with E-state index in [0.29, 0.717) is 22.1 Å². The van der Waals surface area contributed by atoms with Crippen LogP contribution in [0.1, 0.15) is 30.1 Å². The Morgan fingerprint density at radius 1 is 1.16 bits per heavy atom. The van der Waals surface area contributed by atoms with Crippen LogP contribution in [0.4, 0.5) is 10.1 Å². The van der Waals surface area contributed by atoms with Crippen LogP contribution in [0.2, 0.25) is 0 Å². The van der Waals surface area contributed by atoms with Gasteiger partial charge in [0.15, 0.2) is 9.84 Å². The van der Waals surface area contributed by atoms with Gasteiger partial charge in [-0.25, -0.2) is 17.8 Å². The number of hydrogen-bond donors (Lipinski definition) is 1. The topological polar surface area (TPSA) is 85.4 Å². The molecule has 1 aromatic heterocycles. The van der Waals surface area contributed by atoms with Gasteiger partial charge >= 0.3 is 0 Å². The molecule has 0 fully saturated rings. The quantitative estimate of drug-likeness (QED) is 0.511. The van der Waals surface area contributed by atoms with Crippen LogP contribution in [0.15, 0.2) is 53.9 Å². The van der Waals surface area contributed by atoms with Crippen molar-refractivity contribution in [2.75, 3.05) is 5.32 Å². The Hall–Kier alpha value is -2.78. The van der Waals surface area contributed by atoms with Crippen molar-refractivity contribution in [1.82, 2.24) is 4.98 Å². The average Bonchev–Trinajstić information content (AvgIpc) is 3.19. The maximum absolute atomic E-state index is 12.9. The molecule has 6 nitrogen and oxygen atoms in total. The van der Waals surface area contributed by atoms with E-state index in [1.165, 1.54) is 42.5 Å². The van der Waals surface area contributed by atoms with Gasteiger partial charge in [-0.05, 0) is 55.3 Å². The Labute approximate surface area is 185 Å². The largest absolute Gasteiger partial charge is 0.486 e. The minimum atomic E-state index is -3.75. The summed E-state index contributed by atoms with van der Waals surface area (Å²) in [6, 6.07) is 12.9. The third-order valence-electron chi connectivity index (χ3n) is 4.66. The zero-order valence-electron chi connectivity index (χ0n) is 17.2. The molecule has 3 rings (SSSR count). The highest BCUT2D eigenvalue weighted by Crippen LogP contribution is 2.19. The number of carbonyl (C=O) groups excluding carboxylic acids is 1. The van der Waals surface area contributed by atoms with Crippen molar-refractivity contribution in [3.8, 4) is 5.75 Å². The lowest BCUT2D eigenvalue weighted by Gasteiger charge is -2.13. The number of aromatic nitrogens is 1. The summed E-state index contributed by atoms with van der Waals surface area (Å²) in [6.45, 7) is 3.54. The van der Waals surface area contributed by atoms with Crippen LogP contribution in [-0.4, -0.2) is 24.6 Å². The molecule has 0 aliphatic heterocycles. The maximum Gasteiger partial charge on any atom is 0.242 e. The van der Waals surface area contributed by atoms with E-state index in [0.717, 1.165) is 12.0 Å². The molecule has 1 N–H and O–H groups in total. The number of carbonyl (C=O) groups is 1. The number of halogens is 1. The number of thiazole rings is 1. The predicted octanol–water partition coefficient (Wildman–Crippen LogP) is 4.37. The number of nitrogens with one attached hydrogen (secondary N) is 1. The molecule has 164 valence electrons. The summed E-state index contributed by atoms with van der Waals surface area (Å²) in [5, 5.41) is 3.65. The van der Waals surface area contributed by atoms with Crippen LogP contribution in [0.25, 0.3) is 0 Å². The second kappa shape index (κ2) is 10.0. The summed E-state index contributed by atoms with van der Waals surface area (Å²) in [7, 11) is -3.75. The van der Waals surface area contributed by atoms with Crippen molar-refractivity contribution in [2.45, 2.75) is 37.9 Å². The third-order valence-corrected chi connectivity index (χ3v) is 7.52. The lowest BCUT2D eigenvalue weighted by Crippen LogP contribution is -2.33. The second-order valence-electron chi connectivity index (χ2n) is 6.96. The molecule has 1 atom stereocenters. The summed E-state index contributed by atoms with van der Waals surface area (Å²) >= 11 is 1.26. The van der Waals surface area contributed by atoms with Crippen molar-refractivity contribution in [1.29, 1.82) is 0 Å². The second-order valence-corrected chi connectivity index (χ2v) is 10.2. The number of sulfone groups is 1. The fraction of sp³-hybridized carbons (Fsp3) is 0.273. The van der Waals surface area contributed by atoms with E-state index in [2.05, 4.69) is 10.3 Å². The number of aryl methyl sites for hydroxylation is 1. The molecule has 9 heteroatoms. The number of amides is 1. The molecule has 3 aromatic rings. The highest BCUT2D eigenvalue weighted by molar-refractivity contribution is 7.92. The van der Waals surface area contributed by atoms with Crippen LogP contribution in [-0.2, 0) is 33.4 Å². The van der Waals surface area contributed by atoms with Crippen molar-refractivity contribution in [3.05, 3.63) is 76.0 Å². The highest BCUT2D eigenvalue weighted by Gasteiger charge is 2.29. The molecule has 0 saturated heterocycles. The Morgan fingerprint density at radius 3 is 2.48 bits per heavy atom. The van der Waals surface area contributed by atoms with E-state index in [1.807, 2.05) is 19.1 Å². The smallest absolute Gasteiger partial charge is 0.242 e. The van der Waals surface area contributed by atoms with Gasteiger partial charge in [0.05, 0.1) is 11.4 Å². The van der Waals surface area contributed by atoms with E-state index in [9.17, 15) is 17.6 Å². The first-order chi connectivity index (χ1) is 14.8. The van der Waals surface area contributed by atoms with Crippen LogP contribution in [0.5, 0.6) is 5.75 Å². The number of rotatable bonds is 9. The van der Waals surface area contributed by atoms with Gasteiger partial charge in [-0.1, -0.05) is 19.1 Å². The van der Waals surface area contributed by atoms with E-state index in [-0.39, 0.29) is 18.2 Å². The first-order valence-corrected chi connectivity index (χ1v) is 12.3. The number of benzene rings is 2. The SMILES string of the molecule is CCc1ccc(NC(=O)C(C)S(=O)(=O)Cc2csc(COc3ccc(F)cc3)n2)cc1. The summed E-state index contributed by atoms with van der Waals surface area (Å²) in [6.07, 6.45) is 0.879. The molecular formula is C22H23FN2O4S2. The first kappa shape index (κ1) is 22.9. The molecule has 1 amide bonds. The summed E-state index contributed by atoms with van der Waals surface area (Å²) in [4.78, 5) is 16.7. The molecule has 1 heterocycles. The number of anilines is 1. The lowest BCUT2D eigenvalue weighted by molar-refractivity contribution is -0.115. The van der Waals surface area contributed by atoms with Crippen LogP contribution >= 0.6 is 11.3 Å². The van der Waals surface area contributed by atoms with Crippen LogP contribution in [0.3, 0.4) is 0 Å². The normalized spacial score (nSPS) is 12.4. The third kappa shape index (κ3) is 6.35. The fourth-order valence-electron chi connectivity index (χ4n) is 2.72. The molecule has 0 radical (unpaired) electrons. The van der Waals surface area contributed by atoms with Gasteiger partial charge in [0.25, 0.3) is 0 Å². The van der Waals surface area contributed by atoms with E-state index < -0.39 is 21.0 Å². The molecule has 0 aliphatic carbocycles. The van der Waals surface area contributed by atoms with Gasteiger partial charge in [-0.15, -0.1) is 11.3 Å². The van der Waals surface area contributed by atoms with E-state index >= 15 is 0 Å². The monoisotopic (exact) mass is 462 g/mol. The molecular weight excluding hydrogens is 439 g/mol. The zero-order chi connectivity index (χ0) is 22.4. The Morgan fingerprint density at radius 2 is 1.84 bits per heavy atom. The van der Waals surface area contributed by atoms with Gasteiger partial charge in [-0.2, -0.15) is 0 Å². The van der Waals surface area contributed by atoms with Crippen LogP contribution < -0.4 is 10.1 Å². The Balaban J connectivity index is 1.57. The minimum absolute atomic E-state index is 0.139. The molecule has 0 bridgehead atoms. The lowest BCUT2D eigenvalue weighted by atomic mass is 10.1. The van der Waals surface area contributed by atoms with Crippen molar-refractivity contribution >= 4 is 32.8 Å². The molecule has 0 saturated carbocycles. The summed E-state index contributed by atoms with van der Waals surface area (Å²) in [5.41, 5.74) is 2.04. The highest BCUT2D eigenvalue weighted by atomic mass is 32.2. The molecule has 2 aromatic carbocycles. The van der Waals surface area contributed by atoms with Gasteiger partial charge in [-0.3, -0.25) is 4.79 Å². The zero-order valence-corrected chi connectivity index (χ0v) is 18.8. The summed E-state index contributed by atoms with van der Waals surface area (Å²) < 4.78 is 43.8. The van der Waals surface area contributed by atoms with Crippen molar-refractivity contribution < 1.29 is 22.3 Å². The Bertz CT molecular complexity index is 1130. The molecule has 1 unspecified atom stereocenters. The van der Waals surface area contributed by atoms with Crippen LogP contribution in [0, 0.1) is 5.82 Å². The number of hydrogen-bond acceptors (Lipinski definition) is 6. The van der Waals surface area contributed by atoms with Crippen molar-refractivity contribution in [3.63, 3.8) is 0 Å². The molecule has 0 aliphatic rings. The van der Waals surface area contributed by atoms with E-state index in [4.69, 9.17) is 4.74 Å². The van der Waals surface area contributed by atoms with Crippen molar-refractivity contribution in [2.24, 2.45) is 0 Å². The standard InChI is InChI=1S/C22H23FN2O4S2/c1-3-16-4-8-18(9-5-16)25-22(26)15(2)31(27,28)14-19-13-30-21(24-19)12-29-20-10-6-17(23)7-11-20/h4-11,13,15H,3,12,14H2,1-2H3,(H,25,26). The van der Waals surface area contributed by atoms with Gasteiger partial charge < -0.3 is 10.1 Å². The maximum atomic E-state index is 12.9. The number of ether oxygens (including phenoxy) is 1. The van der Waals surface area contributed by atoms with Gasteiger partial charge in [0, 0.05) is 11.1 Å². The predicted molar refractivity (Wildman–Crippen MR) is 119 cm³/mol. The van der Waals surface area contributed by atoms with E-state index in [1.54, 1.807) is 17.5 Å². The Kier molecular flexibility index (Phi) is 7.40. The fourth-order valence-corrected chi connectivity index (χ4v) is 4.73.